The molecule has 0 spiro atoms. The summed E-state index contributed by atoms with van der Waals surface area (Å²) in [6, 6.07) is 17.0. The van der Waals surface area contributed by atoms with Gasteiger partial charge in [-0.2, -0.15) is 14.9 Å². The van der Waals surface area contributed by atoms with Gasteiger partial charge in [0, 0.05) is 0 Å². The highest BCUT2D eigenvalue weighted by Gasteiger charge is 2.09. The minimum atomic E-state index is -0.404. The van der Waals surface area contributed by atoms with Gasteiger partial charge in [-0.15, -0.1) is 0 Å². The third-order valence-electron chi connectivity index (χ3n) is 3.36. The average molecular weight is 339 g/mol. The number of rotatable bonds is 4. The van der Waals surface area contributed by atoms with Crippen molar-refractivity contribution < 1.29 is 0 Å². The number of anilines is 1. The van der Waals surface area contributed by atoms with Crippen LogP contribution in [0.3, 0.4) is 0 Å². The first kappa shape index (κ1) is 16.0. The molecule has 24 heavy (non-hydrogen) atoms. The number of nitrogens with one attached hydrogen (secondary N) is 1. The summed E-state index contributed by atoms with van der Waals surface area (Å²) < 4.78 is 1.25. The van der Waals surface area contributed by atoms with E-state index in [0.717, 1.165) is 11.1 Å². The van der Waals surface area contributed by atoms with Crippen molar-refractivity contribution in [1.82, 2.24) is 9.78 Å². The zero-order chi connectivity index (χ0) is 16.9. The number of nitrogens with zero attached hydrogens (tertiary/aromatic N) is 3. The smallest absolute Gasteiger partial charge is 0.275 e. The Kier molecular flexibility index (Phi) is 4.72. The zero-order valence-corrected chi connectivity index (χ0v) is 13.7. The van der Waals surface area contributed by atoms with E-state index >= 15 is 0 Å². The van der Waals surface area contributed by atoms with Gasteiger partial charge in [0.2, 0.25) is 0 Å². The van der Waals surface area contributed by atoms with Crippen molar-refractivity contribution in [3.8, 4) is 5.69 Å². The monoisotopic (exact) mass is 338 g/mol. The van der Waals surface area contributed by atoms with Crippen LogP contribution in [0.4, 0.5) is 5.69 Å². The van der Waals surface area contributed by atoms with Crippen LogP contribution in [-0.4, -0.2) is 16.0 Å². The molecule has 0 unspecified atom stereocenters. The molecule has 1 aromatic heterocycles. The van der Waals surface area contributed by atoms with E-state index in [0.29, 0.717) is 11.4 Å². The Labute approximate surface area is 144 Å². The quantitative estimate of drug-likeness (QED) is 0.583. The van der Waals surface area contributed by atoms with Crippen molar-refractivity contribution in [3.05, 3.63) is 87.3 Å². The maximum Gasteiger partial charge on any atom is 0.292 e. The second-order valence-corrected chi connectivity index (χ2v) is 5.59. The highest BCUT2D eigenvalue weighted by Crippen LogP contribution is 2.16. The second kappa shape index (κ2) is 7.10. The Morgan fingerprint density at radius 1 is 1.17 bits per heavy atom. The van der Waals surface area contributed by atoms with E-state index in [9.17, 15) is 4.79 Å². The number of para-hydroxylation sites is 1. The molecule has 0 aliphatic heterocycles. The predicted octanol–water partition coefficient (Wildman–Crippen LogP) is 3.64. The topological polar surface area (TPSA) is 59.3 Å². The Hall–Kier alpha value is -2.92. The maximum atomic E-state index is 12.3. The highest BCUT2D eigenvalue weighted by molar-refractivity contribution is 6.32. The number of halogens is 1. The summed E-state index contributed by atoms with van der Waals surface area (Å²) in [5.74, 6) is 0. The summed E-state index contributed by atoms with van der Waals surface area (Å²) in [6.07, 6.45) is 3.14. The molecule has 3 rings (SSSR count). The van der Waals surface area contributed by atoms with E-state index in [1.54, 1.807) is 18.3 Å². The highest BCUT2D eigenvalue weighted by atomic mass is 35.5. The van der Waals surface area contributed by atoms with Gasteiger partial charge in [-0.05, 0) is 24.6 Å². The Bertz CT molecular complexity index is 935. The van der Waals surface area contributed by atoms with Crippen LogP contribution >= 0.6 is 11.6 Å². The van der Waals surface area contributed by atoms with Crippen molar-refractivity contribution >= 4 is 23.5 Å². The van der Waals surface area contributed by atoms with Gasteiger partial charge in [-0.3, -0.25) is 10.2 Å². The maximum absolute atomic E-state index is 12.3. The van der Waals surface area contributed by atoms with E-state index in [1.165, 1.54) is 10.9 Å². The van der Waals surface area contributed by atoms with Crippen molar-refractivity contribution in [2.75, 3.05) is 5.43 Å². The van der Waals surface area contributed by atoms with Gasteiger partial charge in [-0.1, -0.05) is 59.6 Å². The van der Waals surface area contributed by atoms with Crippen molar-refractivity contribution in [2.45, 2.75) is 6.92 Å². The molecule has 0 radical (unpaired) electrons. The van der Waals surface area contributed by atoms with Crippen molar-refractivity contribution in [1.29, 1.82) is 0 Å². The molecule has 0 saturated heterocycles. The summed E-state index contributed by atoms with van der Waals surface area (Å²) in [5, 5.41) is 8.28. The number of hydrazone groups is 1. The molecular weight excluding hydrogens is 324 g/mol. The first-order valence-corrected chi connectivity index (χ1v) is 7.72. The van der Waals surface area contributed by atoms with E-state index in [4.69, 9.17) is 11.6 Å². The SMILES string of the molecule is Cc1cccc(/C=N\Nc2cnn(-c3ccccc3)c(=O)c2Cl)c1. The van der Waals surface area contributed by atoms with E-state index in [1.807, 2.05) is 49.4 Å². The minimum Gasteiger partial charge on any atom is -0.275 e. The zero-order valence-electron chi connectivity index (χ0n) is 13.0. The standard InChI is InChI=1S/C18H15ClN4O/c1-13-6-5-7-14(10-13)11-20-22-16-12-21-23(18(24)17(16)19)15-8-3-2-4-9-15/h2-12,22H,1H3/b20-11-. The van der Waals surface area contributed by atoms with Gasteiger partial charge in [0.1, 0.15) is 10.7 Å². The fourth-order valence-electron chi connectivity index (χ4n) is 2.19. The van der Waals surface area contributed by atoms with Gasteiger partial charge < -0.3 is 0 Å². The van der Waals surface area contributed by atoms with Gasteiger partial charge in [0.25, 0.3) is 5.56 Å². The van der Waals surface area contributed by atoms with Crippen LogP contribution in [0.15, 0.2) is 70.7 Å². The van der Waals surface area contributed by atoms with Crippen LogP contribution in [-0.2, 0) is 0 Å². The van der Waals surface area contributed by atoms with Crippen LogP contribution in [0.2, 0.25) is 5.02 Å². The van der Waals surface area contributed by atoms with Crippen LogP contribution in [0, 0.1) is 6.92 Å². The van der Waals surface area contributed by atoms with Gasteiger partial charge in [0.05, 0.1) is 18.1 Å². The lowest BCUT2D eigenvalue weighted by Crippen LogP contribution is -2.22. The molecule has 1 N–H and O–H groups in total. The molecule has 0 saturated carbocycles. The van der Waals surface area contributed by atoms with Gasteiger partial charge in [0.15, 0.2) is 0 Å². The first-order valence-electron chi connectivity index (χ1n) is 7.34. The summed E-state index contributed by atoms with van der Waals surface area (Å²) in [5.41, 5.74) is 5.46. The Morgan fingerprint density at radius 2 is 1.96 bits per heavy atom. The molecule has 120 valence electrons. The second-order valence-electron chi connectivity index (χ2n) is 5.21. The average Bonchev–Trinajstić information content (AvgIpc) is 2.60. The number of hydrogen-bond acceptors (Lipinski definition) is 4. The number of hydrogen-bond donors (Lipinski definition) is 1. The summed E-state index contributed by atoms with van der Waals surface area (Å²) in [6.45, 7) is 2.01. The molecule has 2 aromatic carbocycles. The fourth-order valence-corrected chi connectivity index (χ4v) is 2.36. The normalized spacial score (nSPS) is 10.9. The van der Waals surface area contributed by atoms with Crippen LogP contribution in [0.5, 0.6) is 0 Å². The largest absolute Gasteiger partial charge is 0.292 e. The molecule has 0 aliphatic rings. The van der Waals surface area contributed by atoms with Crippen molar-refractivity contribution in [2.24, 2.45) is 5.10 Å². The molecule has 1 heterocycles. The molecule has 0 fully saturated rings. The summed E-state index contributed by atoms with van der Waals surface area (Å²) in [4.78, 5) is 12.3. The molecular formula is C18H15ClN4O. The van der Waals surface area contributed by atoms with Crippen LogP contribution < -0.4 is 11.0 Å². The van der Waals surface area contributed by atoms with Gasteiger partial charge >= 0.3 is 0 Å². The molecule has 0 aliphatic carbocycles. The molecule has 5 nitrogen and oxygen atoms in total. The number of benzene rings is 2. The molecule has 0 amide bonds. The lowest BCUT2D eigenvalue weighted by Gasteiger charge is -2.07. The fraction of sp³-hybridized carbons (Fsp3) is 0.0556. The van der Waals surface area contributed by atoms with Crippen LogP contribution in [0.1, 0.15) is 11.1 Å². The molecule has 0 bridgehead atoms. The molecule has 6 heteroatoms. The lowest BCUT2D eigenvalue weighted by molar-refractivity contribution is 0.808. The Balaban J connectivity index is 1.83. The lowest BCUT2D eigenvalue weighted by atomic mass is 10.2. The van der Waals surface area contributed by atoms with E-state index in [-0.39, 0.29) is 5.02 Å². The summed E-state index contributed by atoms with van der Waals surface area (Å²) >= 11 is 6.15. The minimum absolute atomic E-state index is 0.0373. The summed E-state index contributed by atoms with van der Waals surface area (Å²) in [7, 11) is 0. The van der Waals surface area contributed by atoms with Gasteiger partial charge in [-0.25, -0.2) is 0 Å². The Morgan fingerprint density at radius 3 is 2.71 bits per heavy atom. The van der Waals surface area contributed by atoms with E-state index < -0.39 is 5.56 Å². The van der Waals surface area contributed by atoms with Crippen molar-refractivity contribution in [3.63, 3.8) is 0 Å². The third kappa shape index (κ3) is 3.52. The molecule has 0 atom stereocenters. The van der Waals surface area contributed by atoms with Crippen LogP contribution in [0.25, 0.3) is 5.69 Å². The number of aromatic nitrogens is 2. The first-order chi connectivity index (χ1) is 11.6. The van der Waals surface area contributed by atoms with E-state index in [2.05, 4.69) is 15.6 Å². The molecule has 3 aromatic rings. The number of aryl methyl sites for hydroxylation is 1. The third-order valence-corrected chi connectivity index (χ3v) is 3.73. The predicted molar refractivity (Wildman–Crippen MR) is 97.2 cm³/mol.